The zero-order chi connectivity index (χ0) is 11.5. The number of halogens is 2. The normalized spacial score (nSPS) is 11.2. The molecule has 1 aromatic heterocycles. The number of benzene rings is 1. The quantitative estimate of drug-likeness (QED) is 0.749. The monoisotopic (exact) mass is 256 g/mol. The molecule has 0 radical (unpaired) electrons. The number of hydrogen-bond acceptors (Lipinski definition) is 1. The van der Waals surface area contributed by atoms with Crippen molar-refractivity contribution in [2.75, 3.05) is 0 Å². The van der Waals surface area contributed by atoms with Crippen molar-refractivity contribution in [3.8, 4) is 0 Å². The lowest BCUT2D eigenvalue weighted by molar-refractivity contribution is 0.628. The maximum Gasteiger partial charge on any atom is 0.124 e. The summed E-state index contributed by atoms with van der Waals surface area (Å²) in [6, 6.07) is 5.85. The molecular formula is C12H14Cl2N2. The summed E-state index contributed by atoms with van der Waals surface area (Å²) in [5.74, 6) is 1.33. The average Bonchev–Trinajstić information content (AvgIpc) is 2.66. The van der Waals surface area contributed by atoms with Crippen LogP contribution in [0.4, 0.5) is 0 Å². The third-order valence-electron chi connectivity index (χ3n) is 2.66. The van der Waals surface area contributed by atoms with E-state index in [1.807, 2.05) is 18.2 Å². The Labute approximate surface area is 105 Å². The van der Waals surface area contributed by atoms with E-state index in [1.165, 1.54) is 0 Å². The van der Waals surface area contributed by atoms with Gasteiger partial charge in [-0.05, 0) is 18.6 Å². The Morgan fingerprint density at radius 1 is 1.38 bits per heavy atom. The predicted molar refractivity (Wildman–Crippen MR) is 69.2 cm³/mol. The zero-order valence-electron chi connectivity index (χ0n) is 9.21. The van der Waals surface area contributed by atoms with Crippen LogP contribution in [0.25, 0.3) is 11.0 Å². The lowest BCUT2D eigenvalue weighted by Crippen LogP contribution is -2.01. The molecule has 16 heavy (non-hydrogen) atoms. The Hall–Kier alpha value is -0.730. The van der Waals surface area contributed by atoms with Crippen molar-refractivity contribution >= 4 is 34.2 Å². The Morgan fingerprint density at radius 3 is 2.88 bits per heavy atom. The van der Waals surface area contributed by atoms with E-state index in [-0.39, 0.29) is 0 Å². The second-order valence-corrected chi connectivity index (χ2v) is 4.45. The van der Waals surface area contributed by atoms with Crippen molar-refractivity contribution in [1.82, 2.24) is 9.55 Å². The van der Waals surface area contributed by atoms with Gasteiger partial charge in [-0.2, -0.15) is 0 Å². The van der Waals surface area contributed by atoms with E-state index in [2.05, 4.69) is 16.5 Å². The first-order chi connectivity index (χ1) is 7.77. The van der Waals surface area contributed by atoms with Gasteiger partial charge in [0.2, 0.25) is 0 Å². The van der Waals surface area contributed by atoms with Crippen LogP contribution in [0.15, 0.2) is 18.2 Å². The van der Waals surface area contributed by atoms with Crippen LogP contribution in [0.3, 0.4) is 0 Å². The highest BCUT2D eigenvalue weighted by atomic mass is 35.5. The smallest absolute Gasteiger partial charge is 0.124 e. The van der Waals surface area contributed by atoms with Gasteiger partial charge in [0.05, 0.1) is 16.4 Å². The average molecular weight is 257 g/mol. The van der Waals surface area contributed by atoms with Crippen molar-refractivity contribution in [2.45, 2.75) is 32.2 Å². The van der Waals surface area contributed by atoms with Crippen molar-refractivity contribution < 1.29 is 0 Å². The molecule has 4 heteroatoms. The van der Waals surface area contributed by atoms with Gasteiger partial charge in [-0.25, -0.2) is 4.98 Å². The number of fused-ring (bicyclic) bond motifs is 1. The lowest BCUT2D eigenvalue weighted by atomic mass is 10.3. The number of aryl methyl sites for hydroxylation is 1. The second-order valence-electron chi connectivity index (χ2n) is 3.77. The van der Waals surface area contributed by atoms with Gasteiger partial charge in [0.1, 0.15) is 11.3 Å². The Kier molecular flexibility index (Phi) is 3.72. The molecule has 0 saturated heterocycles. The molecule has 0 aliphatic rings. The number of aromatic nitrogens is 2. The van der Waals surface area contributed by atoms with E-state index >= 15 is 0 Å². The van der Waals surface area contributed by atoms with Gasteiger partial charge >= 0.3 is 0 Å². The molecule has 1 aromatic carbocycles. The molecule has 2 nitrogen and oxygen atoms in total. The van der Waals surface area contributed by atoms with E-state index in [4.69, 9.17) is 23.2 Å². The van der Waals surface area contributed by atoms with Gasteiger partial charge in [0.15, 0.2) is 0 Å². The maximum absolute atomic E-state index is 6.11. The molecule has 86 valence electrons. The summed E-state index contributed by atoms with van der Waals surface area (Å²) in [4.78, 5) is 4.48. The standard InChI is InChI=1S/C12H14Cl2N2/c1-2-3-7-16-10-6-4-5-9(14)12(10)15-11(16)8-13/h4-6H,2-3,7-8H2,1H3. The van der Waals surface area contributed by atoms with Crippen molar-refractivity contribution in [3.05, 3.63) is 29.0 Å². The zero-order valence-corrected chi connectivity index (χ0v) is 10.7. The Morgan fingerprint density at radius 2 is 2.19 bits per heavy atom. The highest BCUT2D eigenvalue weighted by molar-refractivity contribution is 6.34. The Bertz CT molecular complexity index is 491. The van der Waals surface area contributed by atoms with Gasteiger partial charge in [0, 0.05) is 6.54 Å². The number of imidazole rings is 1. The largest absolute Gasteiger partial charge is 0.327 e. The molecule has 0 fully saturated rings. The minimum Gasteiger partial charge on any atom is -0.327 e. The molecule has 0 amide bonds. The third kappa shape index (κ3) is 2.04. The number of nitrogens with zero attached hydrogens (tertiary/aromatic N) is 2. The molecule has 2 rings (SSSR count). The maximum atomic E-state index is 6.11. The minimum absolute atomic E-state index is 0.425. The fraction of sp³-hybridized carbons (Fsp3) is 0.417. The molecule has 0 N–H and O–H groups in total. The van der Waals surface area contributed by atoms with Gasteiger partial charge in [0.25, 0.3) is 0 Å². The molecule has 0 aliphatic carbocycles. The molecule has 0 atom stereocenters. The van der Waals surface area contributed by atoms with Crippen LogP contribution in [0.5, 0.6) is 0 Å². The van der Waals surface area contributed by atoms with E-state index in [0.717, 1.165) is 36.2 Å². The molecule has 0 unspecified atom stereocenters. The molecule has 0 spiro atoms. The fourth-order valence-corrected chi connectivity index (χ4v) is 2.24. The predicted octanol–water partition coefficient (Wildman–Crippen LogP) is 4.23. The van der Waals surface area contributed by atoms with Crippen LogP contribution in [0.2, 0.25) is 5.02 Å². The van der Waals surface area contributed by atoms with E-state index in [9.17, 15) is 0 Å². The van der Waals surface area contributed by atoms with Crippen LogP contribution in [0.1, 0.15) is 25.6 Å². The van der Waals surface area contributed by atoms with E-state index < -0.39 is 0 Å². The van der Waals surface area contributed by atoms with E-state index in [1.54, 1.807) is 0 Å². The summed E-state index contributed by atoms with van der Waals surface area (Å²) >= 11 is 12.0. The van der Waals surface area contributed by atoms with Gasteiger partial charge < -0.3 is 4.57 Å². The van der Waals surface area contributed by atoms with Crippen molar-refractivity contribution in [3.63, 3.8) is 0 Å². The molecule has 0 bridgehead atoms. The molecular weight excluding hydrogens is 243 g/mol. The number of rotatable bonds is 4. The first kappa shape index (κ1) is 11.7. The highest BCUT2D eigenvalue weighted by Crippen LogP contribution is 2.24. The first-order valence-corrected chi connectivity index (χ1v) is 6.38. The first-order valence-electron chi connectivity index (χ1n) is 5.47. The number of para-hydroxylation sites is 1. The molecule has 0 saturated carbocycles. The lowest BCUT2D eigenvalue weighted by Gasteiger charge is -2.06. The van der Waals surface area contributed by atoms with Crippen molar-refractivity contribution in [2.24, 2.45) is 0 Å². The summed E-state index contributed by atoms with van der Waals surface area (Å²) in [6.45, 7) is 3.13. The SMILES string of the molecule is CCCCn1c(CCl)nc2c(Cl)cccc21. The molecule has 0 aliphatic heterocycles. The van der Waals surface area contributed by atoms with Crippen LogP contribution in [-0.4, -0.2) is 9.55 Å². The highest BCUT2D eigenvalue weighted by Gasteiger charge is 2.11. The summed E-state index contributed by atoms with van der Waals surface area (Å²) in [7, 11) is 0. The molecule has 2 aromatic rings. The van der Waals surface area contributed by atoms with Crippen LogP contribution < -0.4 is 0 Å². The third-order valence-corrected chi connectivity index (χ3v) is 3.21. The van der Waals surface area contributed by atoms with Crippen LogP contribution in [0, 0.1) is 0 Å². The molecule has 1 heterocycles. The summed E-state index contributed by atoms with van der Waals surface area (Å²) in [5.41, 5.74) is 1.94. The van der Waals surface area contributed by atoms with Gasteiger partial charge in [-0.15, -0.1) is 11.6 Å². The fourth-order valence-electron chi connectivity index (χ4n) is 1.83. The van der Waals surface area contributed by atoms with Gasteiger partial charge in [-0.3, -0.25) is 0 Å². The second kappa shape index (κ2) is 5.07. The van der Waals surface area contributed by atoms with Crippen molar-refractivity contribution in [1.29, 1.82) is 0 Å². The summed E-state index contributed by atoms with van der Waals surface area (Å²) in [5, 5.41) is 0.694. The summed E-state index contributed by atoms with van der Waals surface area (Å²) in [6.07, 6.45) is 2.28. The number of alkyl halides is 1. The topological polar surface area (TPSA) is 17.8 Å². The minimum atomic E-state index is 0.425. The Balaban J connectivity index is 2.54. The number of unbranched alkanes of at least 4 members (excludes halogenated alkanes) is 1. The van der Waals surface area contributed by atoms with Gasteiger partial charge in [-0.1, -0.05) is 31.0 Å². The van der Waals surface area contributed by atoms with Crippen LogP contribution >= 0.6 is 23.2 Å². The number of hydrogen-bond donors (Lipinski definition) is 0. The van der Waals surface area contributed by atoms with Crippen LogP contribution in [-0.2, 0) is 12.4 Å². The summed E-state index contributed by atoms with van der Waals surface area (Å²) < 4.78 is 2.16. The van der Waals surface area contributed by atoms with E-state index in [0.29, 0.717) is 10.9 Å².